The molecule has 1 aromatic rings. The van der Waals surface area contributed by atoms with Crippen molar-refractivity contribution in [3.63, 3.8) is 0 Å². The number of nitrogens with zero attached hydrogens (tertiary/aromatic N) is 2. The molecule has 0 aliphatic heterocycles. The summed E-state index contributed by atoms with van der Waals surface area (Å²) in [6, 6.07) is 1.34. The molecule has 3 nitrogen and oxygen atoms in total. The van der Waals surface area contributed by atoms with Gasteiger partial charge in [0.1, 0.15) is 0 Å². The van der Waals surface area contributed by atoms with Crippen molar-refractivity contribution in [3.8, 4) is 0 Å². The average molecular weight is 245 g/mol. The van der Waals surface area contributed by atoms with Crippen molar-refractivity contribution in [3.05, 3.63) is 18.2 Å². The lowest BCUT2D eigenvalue weighted by molar-refractivity contribution is 0.452. The fraction of sp³-hybridized carbons (Fsp3) is 0.800. The molecule has 2 bridgehead atoms. The second kappa shape index (κ2) is 3.83. The summed E-state index contributed by atoms with van der Waals surface area (Å²) in [6.07, 6.45) is 8.53. The zero-order valence-electron chi connectivity index (χ0n) is 11.3. The SMILES string of the molecule is CC(C)n1cncc1CNC1C2C3CCC(C3)C12. The van der Waals surface area contributed by atoms with Gasteiger partial charge in [-0.2, -0.15) is 0 Å². The van der Waals surface area contributed by atoms with Gasteiger partial charge in [-0.1, -0.05) is 0 Å². The van der Waals surface area contributed by atoms with Crippen LogP contribution >= 0.6 is 0 Å². The highest BCUT2D eigenvalue weighted by Gasteiger charge is 2.64. The number of hydrogen-bond acceptors (Lipinski definition) is 2. The van der Waals surface area contributed by atoms with Crippen molar-refractivity contribution in [2.45, 2.75) is 51.7 Å². The molecule has 4 unspecified atom stereocenters. The topological polar surface area (TPSA) is 29.9 Å². The molecule has 3 saturated carbocycles. The van der Waals surface area contributed by atoms with E-state index in [0.29, 0.717) is 6.04 Å². The van der Waals surface area contributed by atoms with E-state index in [1.165, 1.54) is 25.0 Å². The van der Waals surface area contributed by atoms with E-state index in [-0.39, 0.29) is 0 Å². The van der Waals surface area contributed by atoms with E-state index < -0.39 is 0 Å². The van der Waals surface area contributed by atoms with Crippen LogP contribution in [0, 0.1) is 23.7 Å². The third-order valence-electron chi connectivity index (χ3n) is 5.56. The van der Waals surface area contributed by atoms with Crippen LogP contribution < -0.4 is 5.32 Å². The van der Waals surface area contributed by atoms with Crippen LogP contribution in [0.4, 0.5) is 0 Å². The molecule has 1 aromatic heterocycles. The fourth-order valence-corrected chi connectivity index (χ4v) is 4.75. The number of rotatable bonds is 4. The van der Waals surface area contributed by atoms with E-state index in [1.54, 1.807) is 0 Å². The van der Waals surface area contributed by atoms with Gasteiger partial charge in [-0.15, -0.1) is 0 Å². The Morgan fingerprint density at radius 2 is 2.06 bits per heavy atom. The molecule has 0 spiro atoms. The Hall–Kier alpha value is -0.830. The normalized spacial score (nSPS) is 40.5. The van der Waals surface area contributed by atoms with Crippen LogP contribution in [-0.4, -0.2) is 15.6 Å². The molecule has 98 valence electrons. The van der Waals surface area contributed by atoms with Crippen LogP contribution in [-0.2, 0) is 6.54 Å². The van der Waals surface area contributed by atoms with Gasteiger partial charge < -0.3 is 9.88 Å². The predicted octanol–water partition coefficient (Wildman–Crippen LogP) is 2.60. The first-order valence-corrected chi connectivity index (χ1v) is 7.50. The summed E-state index contributed by atoms with van der Waals surface area (Å²) >= 11 is 0. The molecule has 0 radical (unpaired) electrons. The third-order valence-corrected chi connectivity index (χ3v) is 5.56. The Balaban J connectivity index is 1.39. The Kier molecular flexibility index (Phi) is 2.35. The summed E-state index contributed by atoms with van der Waals surface area (Å²) in [6.45, 7) is 5.43. The number of imidazole rings is 1. The molecule has 18 heavy (non-hydrogen) atoms. The van der Waals surface area contributed by atoms with Gasteiger partial charge >= 0.3 is 0 Å². The highest BCUT2D eigenvalue weighted by atomic mass is 15.1. The molecule has 3 aliphatic carbocycles. The lowest BCUT2D eigenvalue weighted by atomic mass is 10.0. The predicted molar refractivity (Wildman–Crippen MR) is 71.1 cm³/mol. The van der Waals surface area contributed by atoms with E-state index in [0.717, 1.165) is 36.3 Å². The van der Waals surface area contributed by atoms with Crippen molar-refractivity contribution in [2.24, 2.45) is 23.7 Å². The Morgan fingerprint density at radius 1 is 1.33 bits per heavy atom. The van der Waals surface area contributed by atoms with Crippen molar-refractivity contribution in [1.82, 2.24) is 14.9 Å². The number of nitrogens with one attached hydrogen (secondary N) is 1. The van der Waals surface area contributed by atoms with Gasteiger partial charge in [0.15, 0.2) is 0 Å². The Bertz CT molecular complexity index is 434. The van der Waals surface area contributed by atoms with E-state index in [2.05, 4.69) is 28.7 Å². The van der Waals surface area contributed by atoms with Gasteiger partial charge in [0, 0.05) is 24.8 Å². The maximum Gasteiger partial charge on any atom is 0.0951 e. The standard InChI is InChI=1S/C15H23N3/c1-9(2)18-8-16-6-12(18)7-17-15-13-10-3-4-11(5-10)14(13)15/h6,8-11,13-15,17H,3-5,7H2,1-2H3. The molecule has 1 heterocycles. The minimum absolute atomic E-state index is 0.513. The molecule has 3 heteroatoms. The summed E-state index contributed by atoms with van der Waals surface area (Å²) in [5.74, 6) is 4.18. The molecule has 3 fully saturated rings. The molecular weight excluding hydrogens is 222 g/mol. The quantitative estimate of drug-likeness (QED) is 0.883. The fourth-order valence-electron chi connectivity index (χ4n) is 4.75. The smallest absolute Gasteiger partial charge is 0.0951 e. The van der Waals surface area contributed by atoms with Gasteiger partial charge in [0.05, 0.1) is 12.0 Å². The van der Waals surface area contributed by atoms with Gasteiger partial charge in [-0.05, 0) is 56.8 Å². The maximum absolute atomic E-state index is 4.28. The molecule has 1 N–H and O–H groups in total. The largest absolute Gasteiger partial charge is 0.331 e. The van der Waals surface area contributed by atoms with Crippen molar-refractivity contribution in [2.75, 3.05) is 0 Å². The van der Waals surface area contributed by atoms with E-state index in [4.69, 9.17) is 0 Å². The van der Waals surface area contributed by atoms with Gasteiger partial charge in [-0.25, -0.2) is 4.98 Å². The van der Waals surface area contributed by atoms with Crippen LogP contribution in [0.25, 0.3) is 0 Å². The highest BCUT2D eigenvalue weighted by molar-refractivity contribution is 5.17. The van der Waals surface area contributed by atoms with Gasteiger partial charge in [-0.3, -0.25) is 0 Å². The van der Waals surface area contributed by atoms with E-state index in [9.17, 15) is 0 Å². The summed E-state index contributed by atoms with van der Waals surface area (Å²) in [7, 11) is 0. The second-order valence-electron chi connectivity index (χ2n) is 6.78. The second-order valence-corrected chi connectivity index (χ2v) is 6.78. The zero-order valence-corrected chi connectivity index (χ0v) is 11.3. The summed E-state index contributed by atoms with van der Waals surface area (Å²) in [4.78, 5) is 4.28. The number of hydrogen-bond donors (Lipinski definition) is 1. The minimum Gasteiger partial charge on any atom is -0.331 e. The zero-order chi connectivity index (χ0) is 12.3. The molecule has 0 amide bonds. The van der Waals surface area contributed by atoms with Crippen LogP contribution in [0.2, 0.25) is 0 Å². The Morgan fingerprint density at radius 3 is 2.72 bits per heavy atom. The maximum atomic E-state index is 4.28. The van der Waals surface area contributed by atoms with E-state index in [1.807, 2.05) is 12.5 Å². The summed E-state index contributed by atoms with van der Waals surface area (Å²) < 4.78 is 2.28. The van der Waals surface area contributed by atoms with Gasteiger partial charge in [0.2, 0.25) is 0 Å². The van der Waals surface area contributed by atoms with Crippen LogP contribution in [0.5, 0.6) is 0 Å². The monoisotopic (exact) mass is 245 g/mol. The van der Waals surface area contributed by atoms with Crippen LogP contribution in [0.3, 0.4) is 0 Å². The first-order valence-electron chi connectivity index (χ1n) is 7.50. The number of aromatic nitrogens is 2. The minimum atomic E-state index is 0.513. The number of fused-ring (bicyclic) bond motifs is 5. The molecule has 4 rings (SSSR count). The molecule has 0 saturated heterocycles. The van der Waals surface area contributed by atoms with E-state index >= 15 is 0 Å². The van der Waals surface area contributed by atoms with Crippen LogP contribution in [0.1, 0.15) is 44.8 Å². The molecule has 3 aliphatic rings. The van der Waals surface area contributed by atoms with Crippen molar-refractivity contribution >= 4 is 0 Å². The third kappa shape index (κ3) is 1.49. The molecule has 0 aromatic carbocycles. The molecular formula is C15H23N3. The molecule has 4 atom stereocenters. The summed E-state index contributed by atoms with van der Waals surface area (Å²) in [5.41, 5.74) is 1.34. The lowest BCUT2D eigenvalue weighted by Gasteiger charge is -2.14. The Labute approximate surface area is 109 Å². The van der Waals surface area contributed by atoms with Crippen molar-refractivity contribution < 1.29 is 0 Å². The van der Waals surface area contributed by atoms with Gasteiger partial charge in [0.25, 0.3) is 0 Å². The first kappa shape index (κ1) is 11.0. The lowest BCUT2D eigenvalue weighted by Crippen LogP contribution is -2.24. The average Bonchev–Trinajstić information content (AvgIpc) is 2.80. The first-order chi connectivity index (χ1) is 8.75. The van der Waals surface area contributed by atoms with Crippen LogP contribution in [0.15, 0.2) is 12.5 Å². The highest BCUT2D eigenvalue weighted by Crippen LogP contribution is 2.65. The van der Waals surface area contributed by atoms with Crippen molar-refractivity contribution in [1.29, 1.82) is 0 Å². The summed E-state index contributed by atoms with van der Waals surface area (Å²) in [5, 5.41) is 3.80.